The van der Waals surface area contributed by atoms with Gasteiger partial charge >= 0.3 is 0 Å². The highest BCUT2D eigenvalue weighted by atomic mass is 16.5. The number of aryl methyl sites for hydroxylation is 1. The Hall–Kier alpha value is -2.47. The van der Waals surface area contributed by atoms with Gasteiger partial charge in [-0.05, 0) is 37.1 Å². The lowest BCUT2D eigenvalue weighted by molar-refractivity contribution is 0.416. The van der Waals surface area contributed by atoms with Crippen LogP contribution in [-0.4, -0.2) is 7.11 Å². The maximum Gasteiger partial charge on any atom is 0.143 e. The van der Waals surface area contributed by atoms with E-state index in [0.29, 0.717) is 11.3 Å². The van der Waals surface area contributed by atoms with E-state index in [-0.39, 0.29) is 6.04 Å². The third-order valence-electron chi connectivity index (χ3n) is 3.38. The second-order valence-corrected chi connectivity index (χ2v) is 4.72. The Labute approximate surface area is 119 Å². The van der Waals surface area contributed by atoms with Crippen molar-refractivity contribution in [2.75, 3.05) is 12.4 Å². The molecular formula is C17H18N2O. The van der Waals surface area contributed by atoms with Crippen LogP contribution >= 0.6 is 0 Å². The molecule has 0 spiro atoms. The van der Waals surface area contributed by atoms with E-state index in [1.54, 1.807) is 13.2 Å². The lowest BCUT2D eigenvalue weighted by Gasteiger charge is -2.20. The van der Waals surface area contributed by atoms with Crippen molar-refractivity contribution in [3.05, 3.63) is 59.2 Å². The lowest BCUT2D eigenvalue weighted by atomic mass is 10.0. The number of rotatable bonds is 4. The normalized spacial score (nSPS) is 11.5. The standard InChI is InChI=1S/C17H18N2O/c1-12-7-4-5-9-15(12)13(2)19-17-14(11-18)8-6-10-16(17)20-3/h4-10,13,19H,1-3H3. The molecule has 0 aromatic heterocycles. The predicted octanol–water partition coefficient (Wildman–Crippen LogP) is 4.05. The van der Waals surface area contributed by atoms with E-state index in [9.17, 15) is 5.26 Å². The first kappa shape index (κ1) is 14.0. The van der Waals surface area contributed by atoms with Gasteiger partial charge in [0.15, 0.2) is 0 Å². The van der Waals surface area contributed by atoms with Crippen LogP contribution in [0.25, 0.3) is 0 Å². The summed E-state index contributed by atoms with van der Waals surface area (Å²) in [6.07, 6.45) is 0. The molecule has 0 aliphatic carbocycles. The fourth-order valence-electron chi connectivity index (χ4n) is 2.31. The minimum Gasteiger partial charge on any atom is -0.495 e. The predicted molar refractivity (Wildman–Crippen MR) is 80.9 cm³/mol. The average Bonchev–Trinajstić information content (AvgIpc) is 2.47. The van der Waals surface area contributed by atoms with Crippen molar-refractivity contribution in [1.29, 1.82) is 5.26 Å². The van der Waals surface area contributed by atoms with Crippen molar-refractivity contribution in [1.82, 2.24) is 0 Å². The van der Waals surface area contributed by atoms with Gasteiger partial charge in [-0.1, -0.05) is 30.3 Å². The van der Waals surface area contributed by atoms with Crippen LogP contribution in [0.1, 0.15) is 29.7 Å². The fourth-order valence-corrected chi connectivity index (χ4v) is 2.31. The van der Waals surface area contributed by atoms with Crippen molar-refractivity contribution in [2.45, 2.75) is 19.9 Å². The SMILES string of the molecule is COc1cccc(C#N)c1NC(C)c1ccccc1C. The molecule has 1 N–H and O–H groups in total. The average molecular weight is 266 g/mol. The second kappa shape index (κ2) is 6.12. The van der Waals surface area contributed by atoms with E-state index in [1.165, 1.54) is 11.1 Å². The summed E-state index contributed by atoms with van der Waals surface area (Å²) >= 11 is 0. The van der Waals surface area contributed by atoms with E-state index < -0.39 is 0 Å². The molecular weight excluding hydrogens is 248 g/mol. The largest absolute Gasteiger partial charge is 0.495 e. The molecule has 0 bridgehead atoms. The Bertz CT molecular complexity index is 644. The summed E-state index contributed by atoms with van der Waals surface area (Å²) in [5.74, 6) is 0.685. The van der Waals surface area contributed by atoms with Crippen LogP contribution in [0.15, 0.2) is 42.5 Å². The van der Waals surface area contributed by atoms with Gasteiger partial charge in [0, 0.05) is 6.04 Å². The smallest absolute Gasteiger partial charge is 0.143 e. The Morgan fingerprint density at radius 1 is 1.15 bits per heavy atom. The van der Waals surface area contributed by atoms with Crippen molar-refractivity contribution >= 4 is 5.69 Å². The molecule has 3 heteroatoms. The molecule has 2 rings (SSSR count). The van der Waals surface area contributed by atoms with E-state index in [0.717, 1.165) is 5.69 Å². The first-order chi connectivity index (χ1) is 9.67. The molecule has 0 aliphatic heterocycles. The molecule has 102 valence electrons. The third-order valence-corrected chi connectivity index (χ3v) is 3.38. The quantitative estimate of drug-likeness (QED) is 0.908. The van der Waals surface area contributed by atoms with E-state index >= 15 is 0 Å². The number of nitrogens with zero attached hydrogens (tertiary/aromatic N) is 1. The molecule has 3 nitrogen and oxygen atoms in total. The van der Waals surface area contributed by atoms with Gasteiger partial charge < -0.3 is 10.1 Å². The summed E-state index contributed by atoms with van der Waals surface area (Å²) in [7, 11) is 1.61. The number of nitriles is 1. The van der Waals surface area contributed by atoms with E-state index in [2.05, 4.69) is 37.4 Å². The zero-order chi connectivity index (χ0) is 14.5. The molecule has 0 radical (unpaired) electrons. The molecule has 0 saturated carbocycles. The molecule has 20 heavy (non-hydrogen) atoms. The molecule has 0 fully saturated rings. The highest BCUT2D eigenvalue weighted by Crippen LogP contribution is 2.31. The minimum atomic E-state index is 0.0969. The highest BCUT2D eigenvalue weighted by molar-refractivity contribution is 5.67. The van der Waals surface area contributed by atoms with Gasteiger partial charge in [-0.25, -0.2) is 0 Å². The summed E-state index contributed by atoms with van der Waals surface area (Å²) in [5, 5.41) is 12.6. The van der Waals surface area contributed by atoms with Crippen LogP contribution in [0.5, 0.6) is 5.75 Å². The molecule has 0 heterocycles. The molecule has 1 unspecified atom stereocenters. The molecule has 1 atom stereocenters. The van der Waals surface area contributed by atoms with Crippen LogP contribution in [0, 0.1) is 18.3 Å². The lowest BCUT2D eigenvalue weighted by Crippen LogP contribution is -2.10. The molecule has 0 amide bonds. The van der Waals surface area contributed by atoms with Gasteiger partial charge in [-0.3, -0.25) is 0 Å². The maximum absolute atomic E-state index is 9.23. The summed E-state index contributed by atoms with van der Waals surface area (Å²) in [6.45, 7) is 4.16. The van der Waals surface area contributed by atoms with Crippen molar-refractivity contribution in [3.8, 4) is 11.8 Å². The maximum atomic E-state index is 9.23. The monoisotopic (exact) mass is 266 g/mol. The Morgan fingerprint density at radius 2 is 1.90 bits per heavy atom. The third kappa shape index (κ3) is 2.75. The topological polar surface area (TPSA) is 45.0 Å². The van der Waals surface area contributed by atoms with Gasteiger partial charge in [0.25, 0.3) is 0 Å². The van der Waals surface area contributed by atoms with Gasteiger partial charge in [0.05, 0.1) is 18.4 Å². The van der Waals surface area contributed by atoms with Gasteiger partial charge in [0.2, 0.25) is 0 Å². The molecule has 2 aromatic rings. The summed E-state index contributed by atoms with van der Waals surface area (Å²) in [4.78, 5) is 0. The van der Waals surface area contributed by atoms with Crippen LogP contribution in [0.2, 0.25) is 0 Å². The number of para-hydroxylation sites is 1. The van der Waals surface area contributed by atoms with Crippen LogP contribution in [-0.2, 0) is 0 Å². The molecule has 0 saturated heterocycles. The van der Waals surface area contributed by atoms with Gasteiger partial charge in [0.1, 0.15) is 11.8 Å². The summed E-state index contributed by atoms with van der Waals surface area (Å²) in [5.41, 5.74) is 3.77. The second-order valence-electron chi connectivity index (χ2n) is 4.72. The Kier molecular flexibility index (Phi) is 4.27. The highest BCUT2D eigenvalue weighted by Gasteiger charge is 2.13. The molecule has 0 aliphatic rings. The Morgan fingerprint density at radius 3 is 2.55 bits per heavy atom. The number of ether oxygens (including phenoxy) is 1. The van der Waals surface area contributed by atoms with Crippen LogP contribution in [0.3, 0.4) is 0 Å². The zero-order valence-electron chi connectivity index (χ0n) is 12.0. The number of anilines is 1. The van der Waals surface area contributed by atoms with Crippen LogP contribution in [0.4, 0.5) is 5.69 Å². The zero-order valence-corrected chi connectivity index (χ0v) is 12.0. The number of benzene rings is 2. The summed E-state index contributed by atoms with van der Waals surface area (Å²) in [6, 6.07) is 16.0. The van der Waals surface area contributed by atoms with Crippen molar-refractivity contribution < 1.29 is 4.74 Å². The minimum absolute atomic E-state index is 0.0969. The summed E-state index contributed by atoms with van der Waals surface area (Å²) < 4.78 is 5.34. The molecule has 2 aromatic carbocycles. The number of methoxy groups -OCH3 is 1. The van der Waals surface area contributed by atoms with Crippen LogP contribution < -0.4 is 10.1 Å². The van der Waals surface area contributed by atoms with Gasteiger partial charge in [-0.15, -0.1) is 0 Å². The first-order valence-corrected chi connectivity index (χ1v) is 6.56. The Balaban J connectivity index is 2.35. The van der Waals surface area contributed by atoms with Crippen molar-refractivity contribution in [2.24, 2.45) is 0 Å². The van der Waals surface area contributed by atoms with E-state index in [1.807, 2.05) is 24.3 Å². The first-order valence-electron chi connectivity index (χ1n) is 6.56. The fraction of sp³-hybridized carbons (Fsp3) is 0.235. The number of hydrogen-bond donors (Lipinski definition) is 1. The number of hydrogen-bond acceptors (Lipinski definition) is 3. The van der Waals surface area contributed by atoms with E-state index in [4.69, 9.17) is 4.74 Å². The number of nitrogens with one attached hydrogen (secondary N) is 1. The van der Waals surface area contributed by atoms with Gasteiger partial charge in [-0.2, -0.15) is 5.26 Å². The van der Waals surface area contributed by atoms with Crippen molar-refractivity contribution in [3.63, 3.8) is 0 Å².